The summed E-state index contributed by atoms with van der Waals surface area (Å²) in [4.78, 5) is 23.3. The second-order valence-corrected chi connectivity index (χ2v) is 7.63. The van der Waals surface area contributed by atoms with E-state index >= 15 is 0 Å². The van der Waals surface area contributed by atoms with Crippen molar-refractivity contribution in [3.05, 3.63) is 30.1 Å². The van der Waals surface area contributed by atoms with E-state index in [0.29, 0.717) is 16.7 Å². The van der Waals surface area contributed by atoms with Crippen molar-refractivity contribution in [1.29, 1.82) is 0 Å². The van der Waals surface area contributed by atoms with Crippen LogP contribution in [-0.4, -0.2) is 37.9 Å². The number of carbonyl (C=O) groups is 2. The van der Waals surface area contributed by atoms with Crippen molar-refractivity contribution in [2.24, 2.45) is 0 Å². The Morgan fingerprint density at radius 2 is 1.96 bits per heavy atom. The Labute approximate surface area is 151 Å². The average Bonchev–Trinajstić information content (AvgIpc) is 2.84. The smallest absolute Gasteiger partial charge is 0.230 e. The van der Waals surface area contributed by atoms with Gasteiger partial charge in [-0.15, -0.1) is 10.2 Å². The van der Waals surface area contributed by atoms with Gasteiger partial charge in [-0.3, -0.25) is 14.2 Å². The summed E-state index contributed by atoms with van der Waals surface area (Å²) in [7, 11) is 0. The van der Waals surface area contributed by atoms with Crippen LogP contribution in [0.15, 0.2) is 29.4 Å². The number of hydrogen-bond acceptors (Lipinski definition) is 5. The number of benzene rings is 1. The highest BCUT2D eigenvalue weighted by atomic mass is 32.2. The molecule has 1 heterocycles. The van der Waals surface area contributed by atoms with Crippen LogP contribution in [0.1, 0.15) is 33.5 Å². The van der Waals surface area contributed by atoms with Crippen molar-refractivity contribution in [3.8, 4) is 5.69 Å². The van der Waals surface area contributed by atoms with Crippen molar-refractivity contribution < 1.29 is 9.59 Å². The molecule has 2 rings (SSSR count). The summed E-state index contributed by atoms with van der Waals surface area (Å²) >= 11 is 1.32. The van der Waals surface area contributed by atoms with Gasteiger partial charge >= 0.3 is 0 Å². The molecule has 0 saturated carbocycles. The summed E-state index contributed by atoms with van der Waals surface area (Å²) < 4.78 is 1.86. The molecule has 0 saturated heterocycles. The monoisotopic (exact) mass is 361 g/mol. The minimum atomic E-state index is -0.270. The van der Waals surface area contributed by atoms with E-state index in [1.165, 1.54) is 18.7 Å². The fourth-order valence-corrected chi connectivity index (χ4v) is 3.04. The van der Waals surface area contributed by atoms with Crippen molar-refractivity contribution in [1.82, 2.24) is 20.1 Å². The Hall–Kier alpha value is -2.35. The summed E-state index contributed by atoms with van der Waals surface area (Å²) in [5.74, 6) is 0.766. The van der Waals surface area contributed by atoms with Crippen LogP contribution in [0.4, 0.5) is 5.69 Å². The SMILES string of the molecule is CC(=O)Nc1cccc(-n2c(C)nnc2SCC(=O)NC(C)(C)C)c1. The lowest BCUT2D eigenvalue weighted by atomic mass is 10.1. The quantitative estimate of drug-likeness (QED) is 0.799. The van der Waals surface area contributed by atoms with Crippen molar-refractivity contribution in [2.75, 3.05) is 11.1 Å². The zero-order valence-corrected chi connectivity index (χ0v) is 15.9. The van der Waals surface area contributed by atoms with Crippen LogP contribution >= 0.6 is 11.8 Å². The van der Waals surface area contributed by atoms with Crippen LogP contribution < -0.4 is 10.6 Å². The summed E-state index contributed by atoms with van der Waals surface area (Å²) in [6.07, 6.45) is 0. The number of nitrogens with one attached hydrogen (secondary N) is 2. The van der Waals surface area contributed by atoms with Gasteiger partial charge < -0.3 is 10.6 Å². The van der Waals surface area contributed by atoms with Crippen LogP contribution in [0.25, 0.3) is 5.69 Å². The molecule has 0 aliphatic heterocycles. The lowest BCUT2D eigenvalue weighted by Crippen LogP contribution is -2.41. The van der Waals surface area contributed by atoms with Gasteiger partial charge in [0.25, 0.3) is 0 Å². The van der Waals surface area contributed by atoms with Gasteiger partial charge in [0.15, 0.2) is 5.16 Å². The van der Waals surface area contributed by atoms with Crippen LogP contribution in [0.2, 0.25) is 0 Å². The number of hydrogen-bond donors (Lipinski definition) is 2. The number of thioether (sulfide) groups is 1. The van der Waals surface area contributed by atoms with E-state index in [0.717, 1.165) is 5.69 Å². The topological polar surface area (TPSA) is 88.9 Å². The second kappa shape index (κ2) is 7.69. The molecular weight excluding hydrogens is 338 g/mol. The molecule has 25 heavy (non-hydrogen) atoms. The number of amides is 2. The van der Waals surface area contributed by atoms with Gasteiger partial charge in [0.05, 0.1) is 11.4 Å². The van der Waals surface area contributed by atoms with Crippen LogP contribution in [-0.2, 0) is 9.59 Å². The fraction of sp³-hybridized carbons (Fsp3) is 0.412. The highest BCUT2D eigenvalue weighted by Crippen LogP contribution is 2.23. The summed E-state index contributed by atoms with van der Waals surface area (Å²) in [5.41, 5.74) is 1.25. The molecule has 0 unspecified atom stereocenters. The van der Waals surface area contributed by atoms with E-state index in [-0.39, 0.29) is 23.1 Å². The Morgan fingerprint density at radius 3 is 2.60 bits per heavy atom. The first-order chi connectivity index (χ1) is 11.7. The summed E-state index contributed by atoms with van der Waals surface area (Å²) in [5, 5.41) is 14.6. The molecule has 0 aliphatic rings. The molecule has 0 spiro atoms. The lowest BCUT2D eigenvalue weighted by molar-refractivity contribution is -0.120. The molecule has 0 bridgehead atoms. The zero-order valence-electron chi connectivity index (χ0n) is 15.1. The van der Waals surface area contributed by atoms with Gasteiger partial charge in [0.1, 0.15) is 5.82 Å². The maximum absolute atomic E-state index is 12.0. The van der Waals surface area contributed by atoms with Crippen molar-refractivity contribution in [2.45, 2.75) is 45.3 Å². The Morgan fingerprint density at radius 1 is 1.24 bits per heavy atom. The third-order valence-corrected chi connectivity index (χ3v) is 4.00. The first-order valence-corrected chi connectivity index (χ1v) is 8.88. The number of aromatic nitrogens is 3. The van der Waals surface area contributed by atoms with E-state index < -0.39 is 0 Å². The van der Waals surface area contributed by atoms with E-state index in [9.17, 15) is 9.59 Å². The predicted octanol–water partition coefficient (Wildman–Crippen LogP) is 2.54. The Kier molecular flexibility index (Phi) is 5.84. The first kappa shape index (κ1) is 19.0. The van der Waals surface area contributed by atoms with Crippen LogP contribution in [0, 0.1) is 6.92 Å². The van der Waals surface area contributed by atoms with Gasteiger partial charge in [0.2, 0.25) is 11.8 Å². The number of aryl methyl sites for hydroxylation is 1. The molecule has 0 atom stereocenters. The van der Waals surface area contributed by atoms with E-state index in [4.69, 9.17) is 0 Å². The summed E-state index contributed by atoms with van der Waals surface area (Å²) in [6, 6.07) is 7.41. The largest absolute Gasteiger partial charge is 0.351 e. The minimum Gasteiger partial charge on any atom is -0.351 e. The standard InChI is InChI=1S/C17H23N5O2S/c1-11-20-21-16(25-10-15(24)19-17(3,4)5)22(11)14-8-6-7-13(9-14)18-12(2)23/h6-9H,10H2,1-5H3,(H,18,23)(H,19,24). The molecule has 8 heteroatoms. The Balaban J connectivity index is 2.19. The maximum Gasteiger partial charge on any atom is 0.230 e. The van der Waals surface area contributed by atoms with Gasteiger partial charge in [-0.1, -0.05) is 17.8 Å². The van der Waals surface area contributed by atoms with E-state index in [2.05, 4.69) is 20.8 Å². The van der Waals surface area contributed by atoms with Crippen LogP contribution in [0.3, 0.4) is 0 Å². The molecule has 0 radical (unpaired) electrons. The molecule has 2 amide bonds. The minimum absolute atomic E-state index is 0.0586. The summed E-state index contributed by atoms with van der Waals surface area (Å²) in [6.45, 7) is 9.13. The normalized spacial score (nSPS) is 11.2. The molecule has 7 nitrogen and oxygen atoms in total. The number of carbonyl (C=O) groups excluding carboxylic acids is 2. The molecule has 1 aromatic carbocycles. The number of nitrogens with zero attached hydrogens (tertiary/aromatic N) is 3. The lowest BCUT2D eigenvalue weighted by Gasteiger charge is -2.20. The third-order valence-electron chi connectivity index (χ3n) is 3.07. The molecule has 2 N–H and O–H groups in total. The number of anilines is 1. The zero-order chi connectivity index (χ0) is 18.6. The second-order valence-electron chi connectivity index (χ2n) is 6.68. The van der Waals surface area contributed by atoms with Crippen molar-refractivity contribution >= 4 is 29.3 Å². The third kappa shape index (κ3) is 5.60. The van der Waals surface area contributed by atoms with Crippen LogP contribution in [0.5, 0.6) is 0 Å². The molecular formula is C17H23N5O2S. The highest BCUT2D eigenvalue weighted by molar-refractivity contribution is 7.99. The first-order valence-electron chi connectivity index (χ1n) is 7.89. The van der Waals surface area contributed by atoms with Gasteiger partial charge in [-0.05, 0) is 45.9 Å². The molecule has 2 aromatic rings. The molecule has 1 aromatic heterocycles. The molecule has 0 aliphatic carbocycles. The Bertz CT molecular complexity index is 780. The number of rotatable bonds is 5. The highest BCUT2D eigenvalue weighted by Gasteiger charge is 2.17. The average molecular weight is 361 g/mol. The fourth-order valence-electron chi connectivity index (χ4n) is 2.24. The van der Waals surface area contributed by atoms with E-state index in [1.807, 2.05) is 56.5 Å². The maximum atomic E-state index is 12.0. The predicted molar refractivity (Wildman–Crippen MR) is 99.0 cm³/mol. The molecule has 0 fully saturated rings. The molecule has 134 valence electrons. The van der Waals surface area contributed by atoms with Gasteiger partial charge in [-0.25, -0.2) is 0 Å². The van der Waals surface area contributed by atoms with Gasteiger partial charge in [-0.2, -0.15) is 0 Å². The van der Waals surface area contributed by atoms with E-state index in [1.54, 1.807) is 0 Å². The van der Waals surface area contributed by atoms with Crippen molar-refractivity contribution in [3.63, 3.8) is 0 Å². The van der Waals surface area contributed by atoms with Gasteiger partial charge in [0, 0.05) is 18.2 Å².